The van der Waals surface area contributed by atoms with Gasteiger partial charge in [-0.3, -0.25) is 0 Å². The lowest BCUT2D eigenvalue weighted by Gasteiger charge is -2.32. The van der Waals surface area contributed by atoms with E-state index < -0.39 is 0 Å². The predicted octanol–water partition coefficient (Wildman–Crippen LogP) is 7.53. The molecule has 1 aliphatic heterocycles. The third kappa shape index (κ3) is 7.32. The molecule has 0 bridgehead atoms. The Labute approximate surface area is 217 Å². The number of piperidine rings is 1. The Bertz CT molecular complexity index is 1080. The second-order valence-electron chi connectivity index (χ2n) is 10.4. The van der Waals surface area contributed by atoms with E-state index in [1.54, 1.807) is 13.0 Å². The number of hydrogen-bond donors (Lipinski definition) is 2. The Kier molecular flexibility index (Phi) is 9.38. The Hall–Kier alpha value is -2.88. The van der Waals surface area contributed by atoms with Crippen molar-refractivity contribution in [1.82, 2.24) is 4.90 Å². The molecule has 190 valence electrons. The van der Waals surface area contributed by atoms with E-state index in [4.69, 9.17) is 0 Å². The third-order valence-electron chi connectivity index (χ3n) is 7.44. The minimum atomic E-state index is 0.150. The van der Waals surface area contributed by atoms with Crippen molar-refractivity contribution in [2.75, 3.05) is 26.2 Å². The van der Waals surface area contributed by atoms with Crippen LogP contribution in [0, 0.1) is 5.92 Å². The molecular weight excluding hydrogens is 442 g/mol. The Balaban J connectivity index is 1.62. The van der Waals surface area contributed by atoms with Crippen LogP contribution < -0.4 is 0 Å². The van der Waals surface area contributed by atoms with Crippen molar-refractivity contribution in [3.8, 4) is 0 Å². The molecule has 3 heteroatoms. The van der Waals surface area contributed by atoms with E-state index in [9.17, 15) is 10.2 Å². The van der Waals surface area contributed by atoms with Gasteiger partial charge in [0.1, 0.15) is 0 Å². The van der Waals surface area contributed by atoms with Gasteiger partial charge in [0.2, 0.25) is 0 Å². The molecule has 36 heavy (non-hydrogen) atoms. The molecule has 2 aliphatic rings. The third-order valence-corrected chi connectivity index (χ3v) is 7.44. The van der Waals surface area contributed by atoms with E-state index in [1.807, 2.05) is 18.2 Å². The van der Waals surface area contributed by atoms with Crippen molar-refractivity contribution in [2.45, 2.75) is 51.4 Å². The highest BCUT2D eigenvalue weighted by Gasteiger charge is 2.27. The highest BCUT2D eigenvalue weighted by atomic mass is 16.3. The molecule has 0 radical (unpaired) electrons. The summed E-state index contributed by atoms with van der Waals surface area (Å²) >= 11 is 0. The zero-order chi connectivity index (χ0) is 25.3. The largest absolute Gasteiger partial charge is 0.513 e. The number of benzene rings is 2. The first-order chi connectivity index (χ1) is 17.5. The maximum atomic E-state index is 9.61. The van der Waals surface area contributed by atoms with Gasteiger partial charge in [0.15, 0.2) is 0 Å². The molecule has 1 heterocycles. The zero-order valence-electron chi connectivity index (χ0n) is 21.7. The Morgan fingerprint density at radius 3 is 2.28 bits per heavy atom. The molecular formula is C33H41NO2. The van der Waals surface area contributed by atoms with Crippen LogP contribution in [0.5, 0.6) is 0 Å². The van der Waals surface area contributed by atoms with Crippen molar-refractivity contribution in [3.05, 3.63) is 107 Å². The minimum Gasteiger partial charge on any atom is -0.513 e. The highest BCUT2D eigenvalue weighted by molar-refractivity contribution is 5.99. The molecule has 1 aliphatic carbocycles. The summed E-state index contributed by atoms with van der Waals surface area (Å²) in [6.45, 7) is 9.95. The number of aliphatic hydroxyl groups excluding tert-OH is 2. The van der Waals surface area contributed by atoms with Crippen molar-refractivity contribution < 1.29 is 10.2 Å². The average Bonchev–Trinajstić information content (AvgIpc) is 3.71. The molecule has 0 aromatic heterocycles. The first kappa shape index (κ1) is 26.2. The van der Waals surface area contributed by atoms with Gasteiger partial charge in [0.25, 0.3) is 0 Å². The lowest BCUT2D eigenvalue weighted by molar-refractivity contribution is 0.204. The number of hydrogen-bond acceptors (Lipinski definition) is 3. The van der Waals surface area contributed by atoms with Crippen LogP contribution in [0.25, 0.3) is 11.1 Å². The molecule has 1 saturated carbocycles. The predicted molar refractivity (Wildman–Crippen MR) is 152 cm³/mol. The van der Waals surface area contributed by atoms with Gasteiger partial charge in [0.05, 0.1) is 5.76 Å². The summed E-state index contributed by atoms with van der Waals surface area (Å²) in [6, 6.07) is 19.5. The Morgan fingerprint density at radius 1 is 0.972 bits per heavy atom. The summed E-state index contributed by atoms with van der Waals surface area (Å²) in [5.74, 6) is 1.86. The molecule has 3 nitrogen and oxygen atoms in total. The fraction of sp³-hybridized carbons (Fsp3) is 0.394. The summed E-state index contributed by atoms with van der Waals surface area (Å²) in [5.41, 5.74) is 6.90. The molecule has 2 N–H and O–H groups in total. The maximum absolute atomic E-state index is 9.61. The van der Waals surface area contributed by atoms with E-state index >= 15 is 0 Å². The van der Waals surface area contributed by atoms with Gasteiger partial charge in [-0.1, -0.05) is 73.3 Å². The van der Waals surface area contributed by atoms with E-state index in [2.05, 4.69) is 60.0 Å². The average molecular weight is 484 g/mol. The van der Waals surface area contributed by atoms with E-state index in [1.165, 1.54) is 56.5 Å². The van der Waals surface area contributed by atoms with Crippen LogP contribution in [0.2, 0.25) is 0 Å². The quantitative estimate of drug-likeness (QED) is 0.197. The van der Waals surface area contributed by atoms with Crippen LogP contribution in [0.3, 0.4) is 0 Å². The molecule has 1 saturated heterocycles. The van der Waals surface area contributed by atoms with Gasteiger partial charge in [-0.15, -0.1) is 0 Å². The summed E-state index contributed by atoms with van der Waals surface area (Å²) in [7, 11) is 0. The molecule has 2 fully saturated rings. The van der Waals surface area contributed by atoms with E-state index in [-0.39, 0.29) is 12.4 Å². The summed E-state index contributed by atoms with van der Waals surface area (Å²) in [4.78, 5) is 2.66. The Morgan fingerprint density at radius 2 is 1.67 bits per heavy atom. The summed E-state index contributed by atoms with van der Waals surface area (Å²) in [5, 5.41) is 19.2. The van der Waals surface area contributed by atoms with Crippen molar-refractivity contribution >= 4 is 11.1 Å². The lowest BCUT2D eigenvalue weighted by atomic mass is 9.85. The number of rotatable bonds is 11. The van der Waals surface area contributed by atoms with E-state index in [0.29, 0.717) is 12.3 Å². The fourth-order valence-corrected chi connectivity index (χ4v) is 5.29. The first-order valence-electron chi connectivity index (χ1n) is 13.5. The first-order valence-corrected chi connectivity index (χ1v) is 13.5. The highest BCUT2D eigenvalue weighted by Crippen LogP contribution is 2.37. The molecule has 0 unspecified atom stereocenters. The lowest BCUT2D eigenvalue weighted by Crippen LogP contribution is -2.34. The van der Waals surface area contributed by atoms with Gasteiger partial charge in [-0.2, -0.15) is 0 Å². The number of likely N-dealkylation sites (tertiary alicyclic amines) is 1. The van der Waals surface area contributed by atoms with E-state index in [0.717, 1.165) is 34.6 Å². The van der Waals surface area contributed by atoms with Crippen LogP contribution >= 0.6 is 0 Å². The molecule has 0 atom stereocenters. The van der Waals surface area contributed by atoms with Crippen LogP contribution in [-0.4, -0.2) is 41.4 Å². The molecule has 2 aromatic carbocycles. The van der Waals surface area contributed by atoms with Gasteiger partial charge < -0.3 is 15.1 Å². The smallest absolute Gasteiger partial charge is 0.0891 e. The van der Waals surface area contributed by atoms with Crippen LogP contribution in [0.15, 0.2) is 90.7 Å². The van der Waals surface area contributed by atoms with Crippen molar-refractivity contribution in [1.29, 1.82) is 0 Å². The molecule has 0 amide bonds. The number of allylic oxidation sites excluding steroid dienone is 7. The van der Waals surface area contributed by atoms with Crippen molar-refractivity contribution in [3.63, 3.8) is 0 Å². The second kappa shape index (κ2) is 12.9. The van der Waals surface area contributed by atoms with Crippen LogP contribution in [0.1, 0.15) is 68.1 Å². The van der Waals surface area contributed by atoms with Crippen molar-refractivity contribution in [2.24, 2.45) is 5.92 Å². The van der Waals surface area contributed by atoms with Gasteiger partial charge in [0, 0.05) is 13.2 Å². The summed E-state index contributed by atoms with van der Waals surface area (Å²) < 4.78 is 0. The zero-order valence-corrected chi connectivity index (χ0v) is 21.7. The van der Waals surface area contributed by atoms with Crippen LogP contribution in [0.4, 0.5) is 0 Å². The fourth-order valence-electron chi connectivity index (χ4n) is 5.29. The van der Waals surface area contributed by atoms with Crippen LogP contribution in [-0.2, 0) is 0 Å². The standard InChI is InChI=1S/C33H41NO2/c1-25(8-6-9-26(2)36)33(32(12-7-23-35)30-10-4-3-5-11-30)31-17-15-28(16-18-31)29-19-21-34(22-20-29)24-27-13-14-27/h3-6,8-11,15-18,27,29,35-36H,1,7,12-14,19-24H2,2H3/b8-6-,26-9+,33-32-. The molecule has 4 rings (SSSR count). The SMILES string of the molecule is C=C(/C=C\C=C(/C)O)/C(=C(\CCCO)c1ccccc1)c1ccc(C2CCN(CC3CC3)CC2)cc1. The number of nitrogens with zero attached hydrogens (tertiary/aromatic N) is 1. The second-order valence-corrected chi connectivity index (χ2v) is 10.4. The maximum Gasteiger partial charge on any atom is 0.0891 e. The normalized spacial score (nSPS) is 18.4. The summed E-state index contributed by atoms with van der Waals surface area (Å²) in [6.07, 6.45) is 12.3. The topological polar surface area (TPSA) is 43.7 Å². The monoisotopic (exact) mass is 483 g/mol. The van der Waals surface area contributed by atoms with Gasteiger partial charge >= 0.3 is 0 Å². The van der Waals surface area contributed by atoms with Gasteiger partial charge in [-0.25, -0.2) is 0 Å². The number of aliphatic hydroxyl groups is 2. The minimum absolute atomic E-state index is 0.150. The van der Waals surface area contributed by atoms with Gasteiger partial charge in [-0.05, 0) is 110 Å². The molecule has 2 aromatic rings. The molecule has 0 spiro atoms.